The lowest BCUT2D eigenvalue weighted by molar-refractivity contribution is 1.29. The summed E-state index contributed by atoms with van der Waals surface area (Å²) in [4.78, 5) is 2.36. The molecule has 0 heterocycles. The van der Waals surface area contributed by atoms with Gasteiger partial charge in [-0.25, -0.2) is 0 Å². The summed E-state index contributed by atoms with van der Waals surface area (Å²) in [6.45, 7) is 0. The number of fused-ring (bicyclic) bond motifs is 1. The number of hydrogen-bond donors (Lipinski definition) is 0. The van der Waals surface area contributed by atoms with Gasteiger partial charge in [-0.1, -0.05) is 115 Å². The Labute approximate surface area is 206 Å². The molecular formula is C34H25N. The predicted octanol–water partition coefficient (Wildman–Crippen LogP) is 9.64. The van der Waals surface area contributed by atoms with Crippen molar-refractivity contribution in [3.63, 3.8) is 0 Å². The molecule has 0 spiro atoms. The minimum absolute atomic E-state index is 1.13. The van der Waals surface area contributed by atoms with E-state index < -0.39 is 0 Å². The van der Waals surface area contributed by atoms with E-state index in [4.69, 9.17) is 0 Å². The fourth-order valence-corrected chi connectivity index (χ4v) is 4.80. The summed E-state index contributed by atoms with van der Waals surface area (Å²) in [5.41, 5.74) is 8.29. The molecule has 6 aromatic carbocycles. The van der Waals surface area contributed by atoms with Crippen LogP contribution in [0.25, 0.3) is 33.0 Å². The second kappa shape index (κ2) is 9.32. The van der Waals surface area contributed by atoms with Crippen molar-refractivity contribution in [3.8, 4) is 22.3 Å². The molecule has 6 aromatic rings. The van der Waals surface area contributed by atoms with Crippen LogP contribution in [-0.4, -0.2) is 0 Å². The summed E-state index contributed by atoms with van der Waals surface area (Å²) >= 11 is 0. The van der Waals surface area contributed by atoms with Gasteiger partial charge in [0.25, 0.3) is 0 Å². The number of para-hydroxylation sites is 2. The Morgan fingerprint density at radius 1 is 0.343 bits per heavy atom. The zero-order valence-corrected chi connectivity index (χ0v) is 19.4. The Kier molecular flexibility index (Phi) is 5.58. The molecule has 0 saturated heterocycles. The van der Waals surface area contributed by atoms with E-state index in [1.807, 2.05) is 0 Å². The lowest BCUT2D eigenvalue weighted by Crippen LogP contribution is -2.11. The molecule has 0 aliphatic heterocycles. The standard InChI is InChI=1S/C34H25N/c1-4-14-26(15-5-1)31-22-12-13-23-32(31)33-24-27-16-10-11-17-28(27)25-34(33)35(29-18-6-2-7-19-29)30-20-8-3-9-21-30/h1-25H. The van der Waals surface area contributed by atoms with Crippen LogP contribution in [0.2, 0.25) is 0 Å². The van der Waals surface area contributed by atoms with Crippen LogP contribution in [0, 0.1) is 0 Å². The molecule has 1 nitrogen and oxygen atoms in total. The van der Waals surface area contributed by atoms with E-state index in [1.165, 1.54) is 33.0 Å². The summed E-state index contributed by atoms with van der Waals surface area (Å²) in [5.74, 6) is 0. The van der Waals surface area contributed by atoms with Gasteiger partial charge in [0.1, 0.15) is 0 Å². The predicted molar refractivity (Wildman–Crippen MR) is 150 cm³/mol. The van der Waals surface area contributed by atoms with Crippen molar-refractivity contribution in [3.05, 3.63) is 152 Å². The molecule has 0 aromatic heterocycles. The highest BCUT2D eigenvalue weighted by atomic mass is 15.1. The summed E-state index contributed by atoms with van der Waals surface area (Å²) in [7, 11) is 0. The first-order valence-corrected chi connectivity index (χ1v) is 12.0. The molecule has 0 aliphatic carbocycles. The quantitative estimate of drug-likeness (QED) is 0.254. The fourth-order valence-electron chi connectivity index (χ4n) is 4.80. The molecule has 166 valence electrons. The molecule has 0 fully saturated rings. The van der Waals surface area contributed by atoms with Gasteiger partial charge in [0.2, 0.25) is 0 Å². The van der Waals surface area contributed by atoms with Crippen molar-refractivity contribution < 1.29 is 0 Å². The highest BCUT2D eigenvalue weighted by Gasteiger charge is 2.19. The molecule has 0 atom stereocenters. The molecule has 0 radical (unpaired) electrons. The Balaban J connectivity index is 1.68. The summed E-state index contributed by atoms with van der Waals surface area (Å²) in [6.07, 6.45) is 0. The minimum Gasteiger partial charge on any atom is -0.310 e. The second-order valence-corrected chi connectivity index (χ2v) is 8.63. The first-order valence-electron chi connectivity index (χ1n) is 12.0. The molecule has 0 amide bonds. The molecule has 0 N–H and O–H groups in total. The third-order valence-corrected chi connectivity index (χ3v) is 6.44. The summed E-state index contributed by atoms with van der Waals surface area (Å²) < 4.78 is 0. The third kappa shape index (κ3) is 4.09. The number of benzene rings is 6. The second-order valence-electron chi connectivity index (χ2n) is 8.63. The normalized spacial score (nSPS) is 10.9. The van der Waals surface area contributed by atoms with Crippen molar-refractivity contribution in [1.82, 2.24) is 0 Å². The molecule has 35 heavy (non-hydrogen) atoms. The molecule has 0 bridgehead atoms. The van der Waals surface area contributed by atoms with E-state index >= 15 is 0 Å². The zero-order valence-electron chi connectivity index (χ0n) is 19.4. The van der Waals surface area contributed by atoms with Crippen LogP contribution < -0.4 is 4.90 Å². The SMILES string of the molecule is c1ccc(-c2ccccc2-c2cc3ccccc3cc2N(c2ccccc2)c2ccccc2)cc1. The maximum Gasteiger partial charge on any atom is 0.0546 e. The van der Waals surface area contributed by atoms with Gasteiger partial charge in [0.05, 0.1) is 5.69 Å². The van der Waals surface area contributed by atoms with Gasteiger partial charge in [-0.05, 0) is 63.9 Å². The molecule has 0 aliphatic rings. The molecule has 0 unspecified atom stereocenters. The number of anilines is 3. The van der Waals surface area contributed by atoms with Gasteiger partial charge < -0.3 is 4.90 Å². The minimum atomic E-state index is 1.13. The largest absolute Gasteiger partial charge is 0.310 e. The third-order valence-electron chi connectivity index (χ3n) is 6.44. The lowest BCUT2D eigenvalue weighted by Gasteiger charge is -2.29. The molecule has 6 rings (SSSR count). The Morgan fingerprint density at radius 3 is 1.40 bits per heavy atom. The van der Waals surface area contributed by atoms with E-state index in [1.54, 1.807) is 0 Å². The Morgan fingerprint density at radius 2 is 0.800 bits per heavy atom. The van der Waals surface area contributed by atoms with Gasteiger partial charge in [-0.15, -0.1) is 0 Å². The van der Waals surface area contributed by atoms with Crippen molar-refractivity contribution in [2.45, 2.75) is 0 Å². The topological polar surface area (TPSA) is 3.24 Å². The van der Waals surface area contributed by atoms with E-state index in [0.717, 1.165) is 17.1 Å². The number of nitrogens with zero attached hydrogens (tertiary/aromatic N) is 1. The Hall–Kier alpha value is -4.62. The number of rotatable bonds is 5. The van der Waals surface area contributed by atoms with E-state index in [-0.39, 0.29) is 0 Å². The van der Waals surface area contributed by atoms with Crippen LogP contribution in [-0.2, 0) is 0 Å². The van der Waals surface area contributed by atoms with Crippen LogP contribution in [0.3, 0.4) is 0 Å². The number of hydrogen-bond acceptors (Lipinski definition) is 1. The van der Waals surface area contributed by atoms with Crippen molar-refractivity contribution >= 4 is 27.8 Å². The van der Waals surface area contributed by atoms with E-state index in [2.05, 4.69) is 157 Å². The van der Waals surface area contributed by atoms with Crippen LogP contribution >= 0.6 is 0 Å². The highest BCUT2D eigenvalue weighted by Crippen LogP contribution is 2.45. The van der Waals surface area contributed by atoms with Crippen molar-refractivity contribution in [1.29, 1.82) is 0 Å². The highest BCUT2D eigenvalue weighted by molar-refractivity contribution is 6.01. The summed E-state index contributed by atoms with van der Waals surface area (Å²) in [6, 6.07) is 53.9. The first-order chi connectivity index (χ1) is 17.4. The zero-order chi connectivity index (χ0) is 23.5. The fraction of sp³-hybridized carbons (Fsp3) is 0. The monoisotopic (exact) mass is 447 g/mol. The van der Waals surface area contributed by atoms with Gasteiger partial charge in [0.15, 0.2) is 0 Å². The van der Waals surface area contributed by atoms with Gasteiger partial charge >= 0.3 is 0 Å². The molecule has 1 heteroatoms. The smallest absolute Gasteiger partial charge is 0.0546 e. The summed E-state index contributed by atoms with van der Waals surface area (Å²) in [5, 5.41) is 2.45. The first kappa shape index (κ1) is 20.9. The maximum absolute atomic E-state index is 2.36. The van der Waals surface area contributed by atoms with Crippen molar-refractivity contribution in [2.24, 2.45) is 0 Å². The van der Waals surface area contributed by atoms with Crippen LogP contribution in [0.5, 0.6) is 0 Å². The van der Waals surface area contributed by atoms with E-state index in [0.29, 0.717) is 0 Å². The van der Waals surface area contributed by atoms with Gasteiger partial charge in [0, 0.05) is 16.9 Å². The molecular weight excluding hydrogens is 422 g/mol. The van der Waals surface area contributed by atoms with Crippen LogP contribution in [0.4, 0.5) is 17.1 Å². The maximum atomic E-state index is 2.36. The van der Waals surface area contributed by atoms with Crippen LogP contribution in [0.15, 0.2) is 152 Å². The average Bonchev–Trinajstić information content (AvgIpc) is 2.94. The molecule has 0 saturated carbocycles. The van der Waals surface area contributed by atoms with E-state index in [9.17, 15) is 0 Å². The van der Waals surface area contributed by atoms with Gasteiger partial charge in [-0.2, -0.15) is 0 Å². The van der Waals surface area contributed by atoms with Crippen LogP contribution in [0.1, 0.15) is 0 Å². The lowest BCUT2D eigenvalue weighted by atomic mass is 9.91. The van der Waals surface area contributed by atoms with Crippen molar-refractivity contribution in [2.75, 3.05) is 4.90 Å². The Bertz CT molecular complexity index is 1530. The van der Waals surface area contributed by atoms with Gasteiger partial charge in [-0.3, -0.25) is 0 Å². The average molecular weight is 448 g/mol.